The average Bonchev–Trinajstić information content (AvgIpc) is 2.45. The van der Waals surface area contributed by atoms with Crippen LogP contribution in [0.5, 0.6) is 0 Å². The first-order valence-electron chi connectivity index (χ1n) is 6.63. The van der Waals surface area contributed by atoms with E-state index in [1.165, 1.54) is 0 Å². The van der Waals surface area contributed by atoms with Gasteiger partial charge >= 0.3 is 0 Å². The summed E-state index contributed by atoms with van der Waals surface area (Å²) < 4.78 is 0. The first-order chi connectivity index (χ1) is 9.15. The van der Waals surface area contributed by atoms with Gasteiger partial charge in [-0.3, -0.25) is 4.99 Å². The Kier molecular flexibility index (Phi) is 6.01. The van der Waals surface area contributed by atoms with Crippen molar-refractivity contribution in [3.05, 3.63) is 72.4 Å². The van der Waals surface area contributed by atoms with E-state index in [4.69, 9.17) is 0 Å². The van der Waals surface area contributed by atoms with Crippen LogP contribution in [0.25, 0.3) is 0 Å². The smallest absolute Gasteiger partial charge is 0.0491 e. The summed E-state index contributed by atoms with van der Waals surface area (Å²) in [7, 11) is 1.84. The van der Waals surface area contributed by atoms with E-state index in [-0.39, 0.29) is 0 Å². The average molecular weight is 253 g/mol. The van der Waals surface area contributed by atoms with E-state index in [9.17, 15) is 0 Å². The molecular weight excluding hydrogens is 230 g/mol. The van der Waals surface area contributed by atoms with Crippen molar-refractivity contribution in [3.8, 4) is 0 Å². The van der Waals surface area contributed by atoms with Crippen LogP contribution in [0.1, 0.15) is 20.3 Å². The molecule has 1 atom stereocenters. The minimum atomic E-state index is 0.330. The highest BCUT2D eigenvalue weighted by molar-refractivity contribution is 6.07. The van der Waals surface area contributed by atoms with Gasteiger partial charge in [-0.25, -0.2) is 0 Å². The summed E-state index contributed by atoms with van der Waals surface area (Å²) in [5.41, 5.74) is 4.06. The second-order valence-corrected chi connectivity index (χ2v) is 4.47. The number of aliphatic imine (C=N–C) groups is 1. The Morgan fingerprint density at radius 1 is 1.26 bits per heavy atom. The van der Waals surface area contributed by atoms with Crippen molar-refractivity contribution in [1.29, 1.82) is 0 Å². The molecule has 0 radical (unpaired) electrons. The quantitative estimate of drug-likeness (QED) is 0.492. The van der Waals surface area contributed by atoms with Gasteiger partial charge in [-0.05, 0) is 37.0 Å². The van der Waals surface area contributed by atoms with E-state index < -0.39 is 0 Å². The van der Waals surface area contributed by atoms with E-state index in [1.54, 1.807) is 0 Å². The van der Waals surface area contributed by atoms with Gasteiger partial charge < -0.3 is 0 Å². The van der Waals surface area contributed by atoms with Crippen molar-refractivity contribution in [2.24, 2.45) is 10.9 Å². The molecule has 0 aliphatic heterocycles. The molecule has 1 unspecified atom stereocenters. The van der Waals surface area contributed by atoms with E-state index in [0.29, 0.717) is 5.92 Å². The summed E-state index contributed by atoms with van der Waals surface area (Å²) >= 11 is 0. The maximum Gasteiger partial charge on any atom is 0.0491 e. The number of hydrogen-bond donors (Lipinski definition) is 0. The first kappa shape index (κ1) is 15.2. The van der Waals surface area contributed by atoms with E-state index >= 15 is 0 Å². The fraction of sp³-hybridized carbons (Fsp3) is 0.278. The summed E-state index contributed by atoms with van der Waals surface area (Å²) in [5.74, 6) is 0.330. The summed E-state index contributed by atoms with van der Waals surface area (Å²) in [6, 6.07) is 0. The molecule has 0 spiro atoms. The molecule has 1 nitrogen and oxygen atoms in total. The molecule has 0 amide bonds. The minimum absolute atomic E-state index is 0.330. The first-order valence-corrected chi connectivity index (χ1v) is 6.63. The predicted octanol–water partition coefficient (Wildman–Crippen LogP) is 4.82. The van der Waals surface area contributed by atoms with Crippen LogP contribution >= 0.6 is 0 Å². The van der Waals surface area contributed by atoms with Crippen molar-refractivity contribution in [2.45, 2.75) is 20.3 Å². The minimum Gasteiger partial charge on any atom is -0.292 e. The maximum atomic E-state index is 4.48. The van der Waals surface area contributed by atoms with Gasteiger partial charge in [-0.2, -0.15) is 0 Å². The highest BCUT2D eigenvalue weighted by atomic mass is 14.7. The van der Waals surface area contributed by atoms with Gasteiger partial charge in [0.2, 0.25) is 0 Å². The van der Waals surface area contributed by atoms with E-state index in [2.05, 4.69) is 48.5 Å². The molecule has 1 rings (SSSR count). The summed E-state index contributed by atoms with van der Waals surface area (Å²) in [6.45, 7) is 12.2. The Morgan fingerprint density at radius 3 is 2.47 bits per heavy atom. The topological polar surface area (TPSA) is 12.4 Å². The van der Waals surface area contributed by atoms with E-state index in [1.807, 2.05) is 33.0 Å². The van der Waals surface area contributed by atoms with Crippen LogP contribution < -0.4 is 0 Å². The largest absolute Gasteiger partial charge is 0.292 e. The Labute approximate surface area is 117 Å². The lowest BCUT2D eigenvalue weighted by Gasteiger charge is -2.20. The third kappa shape index (κ3) is 3.78. The van der Waals surface area contributed by atoms with Crippen LogP contribution in [-0.2, 0) is 0 Å². The summed E-state index contributed by atoms with van der Waals surface area (Å²) in [4.78, 5) is 4.48. The zero-order valence-corrected chi connectivity index (χ0v) is 12.2. The van der Waals surface area contributed by atoms with Crippen LogP contribution in [0.2, 0.25) is 0 Å². The molecule has 1 aliphatic rings. The Balaban J connectivity index is 3.01. The predicted molar refractivity (Wildman–Crippen MR) is 86.6 cm³/mol. The molecule has 0 heterocycles. The van der Waals surface area contributed by atoms with Gasteiger partial charge in [0.25, 0.3) is 0 Å². The van der Waals surface area contributed by atoms with Gasteiger partial charge in [0.15, 0.2) is 0 Å². The summed E-state index contributed by atoms with van der Waals surface area (Å²) in [5, 5.41) is 0. The lowest BCUT2D eigenvalue weighted by atomic mass is 9.85. The third-order valence-electron chi connectivity index (χ3n) is 3.22. The molecule has 0 aromatic rings. The van der Waals surface area contributed by atoms with Crippen LogP contribution in [-0.4, -0.2) is 12.8 Å². The number of allylic oxidation sites excluding steroid dienone is 10. The van der Waals surface area contributed by atoms with Crippen molar-refractivity contribution < 1.29 is 0 Å². The Hall–Kier alpha value is -1.89. The van der Waals surface area contributed by atoms with E-state index in [0.717, 1.165) is 28.9 Å². The van der Waals surface area contributed by atoms with Crippen molar-refractivity contribution >= 4 is 5.71 Å². The molecule has 1 aliphatic carbocycles. The zero-order chi connectivity index (χ0) is 14.3. The second kappa shape index (κ2) is 7.52. The molecule has 1 heteroatoms. The third-order valence-corrected chi connectivity index (χ3v) is 3.22. The highest BCUT2D eigenvalue weighted by Gasteiger charge is 2.18. The van der Waals surface area contributed by atoms with Crippen LogP contribution in [0, 0.1) is 5.92 Å². The van der Waals surface area contributed by atoms with Gasteiger partial charge in [0.05, 0.1) is 0 Å². The maximum absolute atomic E-state index is 4.48. The lowest BCUT2D eigenvalue weighted by molar-refractivity contribution is 0.865. The van der Waals surface area contributed by atoms with Crippen LogP contribution in [0.3, 0.4) is 0 Å². The number of hydrogen-bond acceptors (Lipinski definition) is 1. The fourth-order valence-electron chi connectivity index (χ4n) is 2.22. The van der Waals surface area contributed by atoms with Crippen LogP contribution in [0.15, 0.2) is 77.4 Å². The molecular formula is C18H23N. The fourth-order valence-corrected chi connectivity index (χ4v) is 2.22. The van der Waals surface area contributed by atoms with Crippen molar-refractivity contribution in [3.63, 3.8) is 0 Å². The van der Waals surface area contributed by atoms with Gasteiger partial charge in [0.1, 0.15) is 0 Å². The van der Waals surface area contributed by atoms with Crippen molar-refractivity contribution in [2.75, 3.05) is 7.05 Å². The molecule has 0 saturated heterocycles. The van der Waals surface area contributed by atoms with Gasteiger partial charge in [-0.15, -0.1) is 0 Å². The molecule has 0 saturated carbocycles. The lowest BCUT2D eigenvalue weighted by Crippen LogP contribution is -2.17. The normalized spacial score (nSPS) is 20.1. The highest BCUT2D eigenvalue weighted by Crippen LogP contribution is 2.25. The molecule has 19 heavy (non-hydrogen) atoms. The SMILES string of the molecule is C=C(/C=C\C)C(=C)/C(=C/C)C(=NC)C1C=CC=CC1. The number of rotatable bonds is 5. The number of nitrogens with zero attached hydrogens (tertiary/aromatic N) is 1. The Bertz CT molecular complexity index is 496. The monoisotopic (exact) mass is 253 g/mol. The molecule has 0 aromatic carbocycles. The zero-order valence-electron chi connectivity index (χ0n) is 12.2. The molecule has 100 valence electrons. The molecule has 0 fully saturated rings. The molecule has 0 bridgehead atoms. The van der Waals surface area contributed by atoms with Crippen LogP contribution in [0.4, 0.5) is 0 Å². The standard InChI is InChI=1S/C18H23N/c1-6-11-14(3)15(4)17(7-2)18(19-5)16-12-9-8-10-13-16/h6-12,16H,3-4,13H2,1-2,5H3/b11-6-,17-7-,19-18?. The van der Waals surface area contributed by atoms with Crippen molar-refractivity contribution in [1.82, 2.24) is 0 Å². The summed E-state index contributed by atoms with van der Waals surface area (Å²) in [6.07, 6.45) is 15.5. The molecule has 0 aromatic heterocycles. The molecule has 0 N–H and O–H groups in total. The van der Waals surface area contributed by atoms with Gasteiger partial charge in [-0.1, -0.05) is 55.7 Å². The Morgan fingerprint density at radius 2 is 2.00 bits per heavy atom. The second-order valence-electron chi connectivity index (χ2n) is 4.47. The van der Waals surface area contributed by atoms with Gasteiger partial charge in [0, 0.05) is 18.7 Å².